The predicted molar refractivity (Wildman–Crippen MR) is 85.2 cm³/mol. The van der Waals surface area contributed by atoms with Crippen LogP contribution in [0.25, 0.3) is 16.7 Å². The van der Waals surface area contributed by atoms with Gasteiger partial charge in [0.1, 0.15) is 0 Å². The number of H-pyrrole nitrogens is 1. The number of carbonyl (C=O) groups is 1. The van der Waals surface area contributed by atoms with E-state index in [1.165, 1.54) is 0 Å². The third-order valence-electron chi connectivity index (χ3n) is 3.81. The Bertz CT molecular complexity index is 985. The van der Waals surface area contributed by atoms with Gasteiger partial charge in [-0.2, -0.15) is 4.98 Å². The number of benzene rings is 1. The van der Waals surface area contributed by atoms with Gasteiger partial charge in [-0.3, -0.25) is 9.20 Å². The van der Waals surface area contributed by atoms with Crippen molar-refractivity contribution in [3.63, 3.8) is 0 Å². The summed E-state index contributed by atoms with van der Waals surface area (Å²) in [6, 6.07) is 3.88. The number of carbonyl (C=O) groups excluding carboxylic acids is 1. The van der Waals surface area contributed by atoms with Gasteiger partial charge in [-0.25, -0.2) is 4.79 Å². The van der Waals surface area contributed by atoms with Crippen molar-refractivity contribution in [3.8, 4) is 5.88 Å². The van der Waals surface area contributed by atoms with Gasteiger partial charge in [0, 0.05) is 0 Å². The molecule has 0 spiro atoms. The number of nitrogens with zero attached hydrogens (tertiary/aromatic N) is 2. The molecule has 0 unspecified atom stereocenters. The fourth-order valence-electron chi connectivity index (χ4n) is 2.52. The number of aromatic amines is 1. The van der Waals surface area contributed by atoms with Gasteiger partial charge < -0.3 is 14.5 Å². The van der Waals surface area contributed by atoms with Crippen molar-refractivity contribution in [2.45, 2.75) is 27.7 Å². The number of imidazole rings is 1. The van der Waals surface area contributed by atoms with Crippen molar-refractivity contribution in [3.05, 3.63) is 39.3 Å². The van der Waals surface area contributed by atoms with E-state index in [0.29, 0.717) is 11.2 Å². The zero-order valence-corrected chi connectivity index (χ0v) is 13.4. The minimum atomic E-state index is -0.841. The number of nitrogens with one attached hydrogen (secondary N) is 1. The Morgan fingerprint density at radius 3 is 2.65 bits per heavy atom. The van der Waals surface area contributed by atoms with Gasteiger partial charge in [0.2, 0.25) is 11.5 Å². The van der Waals surface area contributed by atoms with Crippen molar-refractivity contribution < 1.29 is 14.3 Å². The molecule has 23 heavy (non-hydrogen) atoms. The van der Waals surface area contributed by atoms with Crippen LogP contribution in [-0.2, 0) is 4.74 Å². The molecule has 2 heterocycles. The number of aryl methyl sites for hydroxylation is 3. The summed E-state index contributed by atoms with van der Waals surface area (Å²) >= 11 is 0. The Morgan fingerprint density at radius 1 is 1.26 bits per heavy atom. The quantitative estimate of drug-likeness (QED) is 0.735. The molecule has 1 aromatic carbocycles. The molecule has 7 nitrogen and oxygen atoms in total. The lowest BCUT2D eigenvalue weighted by molar-refractivity contribution is 0.102. The van der Waals surface area contributed by atoms with Gasteiger partial charge in [0.05, 0.1) is 23.3 Å². The molecule has 0 amide bonds. The van der Waals surface area contributed by atoms with E-state index < -0.39 is 6.16 Å². The lowest BCUT2D eigenvalue weighted by Gasteiger charge is -2.07. The topological polar surface area (TPSA) is 85.7 Å². The van der Waals surface area contributed by atoms with Gasteiger partial charge in [0.15, 0.2) is 0 Å². The number of rotatable bonds is 2. The van der Waals surface area contributed by atoms with Crippen LogP contribution >= 0.6 is 0 Å². The highest BCUT2D eigenvalue weighted by molar-refractivity contribution is 5.80. The van der Waals surface area contributed by atoms with Crippen LogP contribution in [0.1, 0.15) is 23.7 Å². The highest BCUT2D eigenvalue weighted by Crippen LogP contribution is 2.24. The fourth-order valence-corrected chi connectivity index (χ4v) is 2.52. The van der Waals surface area contributed by atoms with Crippen LogP contribution in [0.5, 0.6) is 5.88 Å². The van der Waals surface area contributed by atoms with Crippen molar-refractivity contribution >= 4 is 22.8 Å². The van der Waals surface area contributed by atoms with Crippen LogP contribution in [0, 0.1) is 20.8 Å². The molecular formula is C16H17N3O4. The fraction of sp³-hybridized carbons (Fsp3) is 0.312. The summed E-state index contributed by atoms with van der Waals surface area (Å²) in [6.07, 6.45) is -0.841. The molecule has 0 atom stereocenters. The summed E-state index contributed by atoms with van der Waals surface area (Å²) < 4.78 is 11.5. The van der Waals surface area contributed by atoms with Gasteiger partial charge >= 0.3 is 6.16 Å². The standard InChI is InChI=1S/C16H17N3O4/c1-5-22-16(21)23-15-10(4)19-12-7-9(3)8(2)6-11(12)17-14(20)13(19)18-15/h6-7H,5H2,1-4H3,(H,17,20). The van der Waals surface area contributed by atoms with Crippen LogP contribution in [0.4, 0.5) is 4.79 Å². The van der Waals surface area contributed by atoms with E-state index in [1.807, 2.05) is 26.0 Å². The number of hydrogen-bond acceptors (Lipinski definition) is 5. The maximum Gasteiger partial charge on any atom is 0.515 e. The molecule has 0 saturated heterocycles. The lowest BCUT2D eigenvalue weighted by Crippen LogP contribution is -2.11. The SMILES string of the molecule is CCOC(=O)Oc1nc2c(=O)[nH]c3cc(C)c(C)cc3n2c1C. The first kappa shape index (κ1) is 15.1. The van der Waals surface area contributed by atoms with Gasteiger partial charge in [-0.05, 0) is 51.0 Å². The van der Waals surface area contributed by atoms with E-state index in [2.05, 4.69) is 9.97 Å². The molecule has 2 aromatic heterocycles. The summed E-state index contributed by atoms with van der Waals surface area (Å²) in [5.74, 6) is 0.0691. The summed E-state index contributed by atoms with van der Waals surface area (Å²) in [5, 5.41) is 0. The van der Waals surface area contributed by atoms with E-state index >= 15 is 0 Å². The number of hydrogen-bond donors (Lipinski definition) is 1. The molecule has 0 aliphatic rings. The maximum absolute atomic E-state index is 12.3. The first-order valence-electron chi connectivity index (χ1n) is 7.29. The van der Waals surface area contributed by atoms with E-state index in [1.54, 1.807) is 18.2 Å². The van der Waals surface area contributed by atoms with Crippen molar-refractivity contribution in [2.75, 3.05) is 6.61 Å². The molecule has 0 saturated carbocycles. The van der Waals surface area contributed by atoms with E-state index in [-0.39, 0.29) is 23.7 Å². The highest BCUT2D eigenvalue weighted by atomic mass is 16.7. The second kappa shape index (κ2) is 5.42. The summed E-state index contributed by atoms with van der Waals surface area (Å²) in [6.45, 7) is 7.60. The summed E-state index contributed by atoms with van der Waals surface area (Å²) in [4.78, 5) is 30.7. The lowest BCUT2D eigenvalue weighted by atomic mass is 10.1. The minimum absolute atomic E-state index is 0.0691. The molecule has 3 rings (SSSR count). The third kappa shape index (κ3) is 2.44. The zero-order valence-electron chi connectivity index (χ0n) is 13.4. The predicted octanol–water partition coefficient (Wildman–Crippen LogP) is 2.64. The normalized spacial score (nSPS) is 11.1. The van der Waals surface area contributed by atoms with Crippen LogP contribution < -0.4 is 10.3 Å². The van der Waals surface area contributed by atoms with Crippen LogP contribution in [0.3, 0.4) is 0 Å². The molecule has 0 radical (unpaired) electrons. The third-order valence-corrected chi connectivity index (χ3v) is 3.81. The highest BCUT2D eigenvalue weighted by Gasteiger charge is 2.18. The second-order valence-corrected chi connectivity index (χ2v) is 5.35. The van der Waals surface area contributed by atoms with Gasteiger partial charge in [0.25, 0.3) is 5.56 Å². The smallest absolute Gasteiger partial charge is 0.434 e. The average Bonchev–Trinajstić information content (AvgIpc) is 2.80. The Hall–Kier alpha value is -2.83. The van der Waals surface area contributed by atoms with Crippen LogP contribution in [-0.4, -0.2) is 27.1 Å². The Kier molecular flexibility index (Phi) is 3.55. The van der Waals surface area contributed by atoms with Crippen molar-refractivity contribution in [1.29, 1.82) is 0 Å². The largest absolute Gasteiger partial charge is 0.515 e. The second-order valence-electron chi connectivity index (χ2n) is 5.35. The first-order valence-corrected chi connectivity index (χ1v) is 7.29. The summed E-state index contributed by atoms with van der Waals surface area (Å²) in [7, 11) is 0. The Balaban J connectivity index is 2.29. The van der Waals surface area contributed by atoms with E-state index in [4.69, 9.17) is 9.47 Å². The van der Waals surface area contributed by atoms with E-state index in [9.17, 15) is 9.59 Å². The molecule has 0 bridgehead atoms. The molecule has 1 N–H and O–H groups in total. The first-order chi connectivity index (χ1) is 10.9. The van der Waals surface area contributed by atoms with Gasteiger partial charge in [-0.15, -0.1) is 0 Å². The number of aromatic nitrogens is 3. The molecule has 0 aliphatic carbocycles. The number of ether oxygens (including phenoxy) is 2. The molecule has 120 valence electrons. The van der Waals surface area contributed by atoms with Crippen LogP contribution in [0.15, 0.2) is 16.9 Å². The Labute approximate surface area is 131 Å². The maximum atomic E-state index is 12.3. The summed E-state index contributed by atoms with van der Waals surface area (Å²) in [5.41, 5.74) is 4.06. The van der Waals surface area contributed by atoms with Gasteiger partial charge in [-0.1, -0.05) is 0 Å². The molecular weight excluding hydrogens is 298 g/mol. The average molecular weight is 315 g/mol. The zero-order chi connectivity index (χ0) is 16.7. The Morgan fingerprint density at radius 2 is 1.96 bits per heavy atom. The molecule has 3 aromatic rings. The van der Waals surface area contributed by atoms with E-state index in [0.717, 1.165) is 16.6 Å². The minimum Gasteiger partial charge on any atom is -0.434 e. The van der Waals surface area contributed by atoms with Crippen LogP contribution in [0.2, 0.25) is 0 Å². The molecule has 0 fully saturated rings. The van der Waals surface area contributed by atoms with Crippen molar-refractivity contribution in [2.24, 2.45) is 0 Å². The monoisotopic (exact) mass is 315 g/mol. The molecule has 0 aliphatic heterocycles. The van der Waals surface area contributed by atoms with Crippen molar-refractivity contribution in [1.82, 2.24) is 14.4 Å². The number of fused-ring (bicyclic) bond motifs is 3. The molecule has 7 heteroatoms.